The fourth-order valence-electron chi connectivity index (χ4n) is 3.89. The molecule has 5 atom stereocenters. The van der Waals surface area contributed by atoms with Gasteiger partial charge in [-0.2, -0.15) is 9.97 Å². The van der Waals surface area contributed by atoms with Crippen LogP contribution in [0, 0.1) is 5.92 Å². The van der Waals surface area contributed by atoms with Gasteiger partial charge in [0.1, 0.15) is 18.4 Å². The van der Waals surface area contributed by atoms with Gasteiger partial charge < -0.3 is 19.9 Å². The normalized spacial score (nSPS) is 29.4. The maximum absolute atomic E-state index is 13.1. The minimum atomic E-state index is -3.62. The number of fused-ring (bicyclic) bond motifs is 2. The van der Waals surface area contributed by atoms with Crippen molar-refractivity contribution in [2.75, 3.05) is 25.5 Å². The first-order chi connectivity index (χ1) is 15.7. The van der Waals surface area contributed by atoms with Crippen molar-refractivity contribution in [1.29, 1.82) is 0 Å². The molecular formula is C19H29N6O7P. The Labute approximate surface area is 190 Å². The molecule has 2 fully saturated rings. The zero-order valence-electron chi connectivity index (χ0n) is 19.0. The van der Waals surface area contributed by atoms with E-state index in [9.17, 15) is 9.36 Å². The third-order valence-corrected chi connectivity index (χ3v) is 6.90. The number of imidazole rings is 1. The molecular weight excluding hydrogens is 455 g/mol. The van der Waals surface area contributed by atoms with E-state index in [-0.39, 0.29) is 37.5 Å². The monoisotopic (exact) mass is 484 g/mol. The average Bonchev–Trinajstić information content (AvgIpc) is 3.28. The van der Waals surface area contributed by atoms with Crippen molar-refractivity contribution in [2.45, 2.75) is 58.7 Å². The van der Waals surface area contributed by atoms with Crippen LogP contribution in [0.15, 0.2) is 6.33 Å². The molecule has 0 aliphatic carbocycles. The molecule has 2 aromatic heterocycles. The Morgan fingerprint density at radius 3 is 2.94 bits per heavy atom. The summed E-state index contributed by atoms with van der Waals surface area (Å²) in [6.07, 6.45) is -0.0457. The number of nitrogen functional groups attached to an aromatic ring is 1. The lowest BCUT2D eigenvalue weighted by atomic mass is 10.0. The summed E-state index contributed by atoms with van der Waals surface area (Å²) in [7, 11) is -3.62. The zero-order valence-corrected chi connectivity index (χ0v) is 19.9. The molecule has 14 heteroatoms. The zero-order chi connectivity index (χ0) is 23.8. The first kappa shape index (κ1) is 23.8. The van der Waals surface area contributed by atoms with Gasteiger partial charge in [-0.15, -0.1) is 0 Å². The first-order valence-corrected chi connectivity index (χ1v) is 12.4. The smallest absolute Gasteiger partial charge is 0.405 e. The Morgan fingerprint density at radius 2 is 2.21 bits per heavy atom. The number of ether oxygens (including phenoxy) is 3. The number of hydrogen-bond donors (Lipinski definition) is 2. The lowest BCUT2D eigenvalue weighted by Crippen LogP contribution is -2.38. The molecule has 33 heavy (non-hydrogen) atoms. The average molecular weight is 484 g/mol. The van der Waals surface area contributed by atoms with Crippen LogP contribution in [0.3, 0.4) is 0 Å². The van der Waals surface area contributed by atoms with E-state index < -0.39 is 32.2 Å². The summed E-state index contributed by atoms with van der Waals surface area (Å²) in [5.74, 6) is -0.258. The molecule has 0 amide bonds. The molecule has 2 aliphatic rings. The number of aromatic nitrogens is 4. The van der Waals surface area contributed by atoms with E-state index in [4.69, 9.17) is 29.0 Å². The second kappa shape index (κ2) is 9.51. The molecule has 3 N–H and O–H groups in total. The van der Waals surface area contributed by atoms with Gasteiger partial charge in [0.15, 0.2) is 11.2 Å². The summed E-state index contributed by atoms with van der Waals surface area (Å²) in [5.41, 5.74) is 6.79. The predicted molar refractivity (Wildman–Crippen MR) is 116 cm³/mol. The summed E-state index contributed by atoms with van der Waals surface area (Å²) in [4.78, 5) is 24.5. The number of hydrogen-bond acceptors (Lipinski definition) is 11. The van der Waals surface area contributed by atoms with E-state index in [0.29, 0.717) is 23.7 Å². The lowest BCUT2D eigenvalue weighted by molar-refractivity contribution is -0.147. The molecule has 2 aliphatic heterocycles. The molecule has 4 rings (SSSR count). The highest BCUT2D eigenvalue weighted by molar-refractivity contribution is 7.51. The largest absolute Gasteiger partial charge is 0.476 e. The molecule has 0 unspecified atom stereocenters. The van der Waals surface area contributed by atoms with E-state index in [1.807, 2.05) is 13.8 Å². The van der Waals surface area contributed by atoms with Crippen LogP contribution in [0.25, 0.3) is 11.2 Å². The predicted octanol–water partition coefficient (Wildman–Crippen LogP) is 1.80. The molecule has 0 radical (unpaired) electrons. The summed E-state index contributed by atoms with van der Waals surface area (Å²) in [5, 5.41) is 2.73. The second-order valence-corrected chi connectivity index (χ2v) is 9.91. The summed E-state index contributed by atoms with van der Waals surface area (Å²) in [6.45, 7) is 7.86. The van der Waals surface area contributed by atoms with Crippen LogP contribution < -0.4 is 15.6 Å². The number of nitrogens with two attached hydrogens (primary N) is 1. The van der Waals surface area contributed by atoms with E-state index in [2.05, 4.69) is 20.0 Å². The highest BCUT2D eigenvalue weighted by atomic mass is 31.2. The van der Waals surface area contributed by atoms with Crippen molar-refractivity contribution in [1.82, 2.24) is 24.6 Å². The highest BCUT2D eigenvalue weighted by Gasteiger charge is 2.51. The number of nitrogens with one attached hydrogen (secondary N) is 1. The molecule has 0 aromatic carbocycles. The van der Waals surface area contributed by atoms with E-state index in [0.717, 1.165) is 0 Å². The van der Waals surface area contributed by atoms with Gasteiger partial charge in [-0.25, -0.2) is 14.6 Å². The van der Waals surface area contributed by atoms with Crippen LogP contribution in [0.5, 0.6) is 5.88 Å². The Balaban J connectivity index is 1.46. The van der Waals surface area contributed by atoms with Crippen molar-refractivity contribution in [2.24, 2.45) is 5.92 Å². The van der Waals surface area contributed by atoms with Gasteiger partial charge in [0, 0.05) is 12.5 Å². The molecule has 2 saturated heterocycles. The van der Waals surface area contributed by atoms with Crippen LogP contribution in [-0.4, -0.2) is 63.6 Å². The summed E-state index contributed by atoms with van der Waals surface area (Å²) < 4.78 is 42.9. The van der Waals surface area contributed by atoms with Crippen LogP contribution in [0.4, 0.5) is 5.95 Å². The minimum Gasteiger partial charge on any atom is -0.476 e. The van der Waals surface area contributed by atoms with Crippen molar-refractivity contribution >= 4 is 30.8 Å². The van der Waals surface area contributed by atoms with Gasteiger partial charge >= 0.3 is 13.7 Å². The Morgan fingerprint density at radius 1 is 1.42 bits per heavy atom. The summed E-state index contributed by atoms with van der Waals surface area (Å²) in [6, 6.07) is 0. The third-order valence-electron chi connectivity index (χ3n) is 5.28. The van der Waals surface area contributed by atoms with Crippen LogP contribution >= 0.6 is 7.75 Å². The van der Waals surface area contributed by atoms with E-state index in [1.54, 1.807) is 24.7 Å². The fraction of sp³-hybridized carbons (Fsp3) is 0.684. The number of rotatable bonds is 8. The highest BCUT2D eigenvalue weighted by Crippen LogP contribution is 2.54. The standard InChI is InChI=1S/C19H29N6O7P/c1-5-28-17-14-16(23-19(20)24-17)25(9-21-14)18-11(4)15-12(31-18)8-29-33(27,32-15)22-7-6-13(26)30-10(2)3/h9-12,15,18H,5-8H2,1-4H3,(H,22,27)(H2,20,23,24)/t11-,12+,15-,18+,33+/m0/s1. The number of anilines is 1. The quantitative estimate of drug-likeness (QED) is 0.413. The van der Waals surface area contributed by atoms with Gasteiger partial charge in [0.25, 0.3) is 0 Å². The second-order valence-electron chi connectivity index (χ2n) is 8.13. The minimum absolute atomic E-state index is 0.0436. The molecule has 4 heterocycles. The van der Waals surface area contributed by atoms with Crippen molar-refractivity contribution < 1.29 is 32.6 Å². The van der Waals surface area contributed by atoms with E-state index in [1.165, 1.54) is 0 Å². The van der Waals surface area contributed by atoms with Crippen LogP contribution in [0.2, 0.25) is 0 Å². The van der Waals surface area contributed by atoms with Crippen LogP contribution in [-0.2, 0) is 27.9 Å². The summed E-state index contributed by atoms with van der Waals surface area (Å²) >= 11 is 0. The van der Waals surface area contributed by atoms with Crippen molar-refractivity contribution in [3.8, 4) is 5.88 Å². The Bertz CT molecular complexity index is 1060. The maximum atomic E-state index is 13.1. The SMILES string of the molecule is CCOc1nc(N)nc2c1ncn2[C@@H]1O[C@@H]2CO[P@](=O)(NCCC(=O)OC(C)C)O[C@H]2[C@@H]1C. The lowest BCUT2D eigenvalue weighted by Gasteiger charge is -2.32. The van der Waals surface area contributed by atoms with Crippen LogP contribution in [0.1, 0.15) is 40.3 Å². The number of carbonyl (C=O) groups is 1. The molecule has 2 aromatic rings. The van der Waals surface area contributed by atoms with Crippen molar-refractivity contribution in [3.05, 3.63) is 6.33 Å². The Kier molecular flexibility index (Phi) is 6.87. The maximum Gasteiger partial charge on any atom is 0.405 e. The molecule has 0 saturated carbocycles. The van der Waals surface area contributed by atoms with Gasteiger partial charge in [-0.05, 0) is 20.8 Å². The van der Waals surface area contributed by atoms with Crippen molar-refractivity contribution in [3.63, 3.8) is 0 Å². The first-order valence-electron chi connectivity index (χ1n) is 10.9. The van der Waals surface area contributed by atoms with E-state index >= 15 is 0 Å². The fourth-order valence-corrected chi connectivity index (χ4v) is 5.49. The third kappa shape index (κ3) is 4.97. The molecule has 0 spiro atoms. The molecule has 13 nitrogen and oxygen atoms in total. The van der Waals surface area contributed by atoms with Gasteiger partial charge in [-0.1, -0.05) is 6.92 Å². The number of carbonyl (C=O) groups excluding carboxylic acids is 1. The molecule has 0 bridgehead atoms. The molecule has 182 valence electrons. The van der Waals surface area contributed by atoms with Gasteiger partial charge in [0.05, 0.1) is 32.1 Å². The Hall–Kier alpha value is -2.31. The van der Waals surface area contributed by atoms with Gasteiger partial charge in [0.2, 0.25) is 11.8 Å². The number of esters is 1. The van der Waals surface area contributed by atoms with Gasteiger partial charge in [-0.3, -0.25) is 18.4 Å². The topological polar surface area (TPSA) is 162 Å². The number of nitrogens with zero attached hydrogens (tertiary/aromatic N) is 4.